The molecule has 0 fully saturated rings. The van der Waals surface area contributed by atoms with E-state index in [4.69, 9.17) is 16.7 Å². The van der Waals surface area contributed by atoms with Gasteiger partial charge < -0.3 is 10.2 Å². The summed E-state index contributed by atoms with van der Waals surface area (Å²) in [7, 11) is 0. The second-order valence-electron chi connectivity index (χ2n) is 7.53. The van der Waals surface area contributed by atoms with E-state index in [2.05, 4.69) is 10.3 Å². The van der Waals surface area contributed by atoms with Gasteiger partial charge in [-0.2, -0.15) is 4.98 Å². The van der Waals surface area contributed by atoms with Gasteiger partial charge >= 0.3 is 6.03 Å². The third-order valence-electron chi connectivity index (χ3n) is 5.35. The van der Waals surface area contributed by atoms with Gasteiger partial charge in [0.2, 0.25) is 4.96 Å². The molecule has 0 radical (unpaired) electrons. The second kappa shape index (κ2) is 7.41. The Morgan fingerprint density at radius 3 is 2.77 bits per heavy atom. The van der Waals surface area contributed by atoms with Gasteiger partial charge in [0.05, 0.1) is 12.2 Å². The fourth-order valence-corrected chi connectivity index (χ4v) is 4.89. The van der Waals surface area contributed by atoms with Crippen LogP contribution in [0.2, 0.25) is 5.02 Å². The van der Waals surface area contributed by atoms with Crippen LogP contribution in [0.3, 0.4) is 0 Å². The molecule has 0 aliphatic carbocycles. The number of nitrogens with one attached hydrogen (secondary N) is 1. The number of thiazole rings is 1. The molecule has 1 aliphatic rings. The fraction of sp³-hybridized carbons (Fsp3) is 0.227. The van der Waals surface area contributed by atoms with Gasteiger partial charge in [0.25, 0.3) is 0 Å². The fourth-order valence-electron chi connectivity index (χ4n) is 3.65. The third-order valence-corrected chi connectivity index (χ3v) is 6.66. The minimum absolute atomic E-state index is 0.0739. The molecule has 1 aliphatic heterocycles. The number of carbonyl (C=O) groups excluding carboxylic acids is 1. The molecule has 0 spiro atoms. The molecule has 30 heavy (non-hydrogen) atoms. The minimum atomic E-state index is -0.0739. The zero-order chi connectivity index (χ0) is 20.8. The molecule has 3 heterocycles. The van der Waals surface area contributed by atoms with E-state index in [0.29, 0.717) is 23.9 Å². The highest BCUT2D eigenvalue weighted by molar-refractivity contribution is 7.17. The lowest BCUT2D eigenvalue weighted by Gasteiger charge is -2.27. The molecule has 5 rings (SSSR count). The average Bonchev–Trinajstić information content (AvgIpc) is 3.28. The number of hydrogen-bond donors (Lipinski definition) is 1. The number of nitrogens with zero attached hydrogens (tertiary/aromatic N) is 4. The molecular weight excluding hydrogens is 418 g/mol. The number of urea groups is 1. The Balaban J connectivity index is 1.36. The quantitative estimate of drug-likeness (QED) is 0.461. The van der Waals surface area contributed by atoms with Crippen molar-refractivity contribution in [2.75, 3.05) is 11.9 Å². The van der Waals surface area contributed by atoms with Crippen LogP contribution in [-0.4, -0.2) is 32.1 Å². The van der Waals surface area contributed by atoms with Crippen LogP contribution in [0.5, 0.6) is 0 Å². The smallest absolute Gasteiger partial charge is 0.319 e. The summed E-state index contributed by atoms with van der Waals surface area (Å²) in [6.07, 6.45) is 0.749. The van der Waals surface area contributed by atoms with Crippen LogP contribution in [0.15, 0.2) is 42.5 Å². The van der Waals surface area contributed by atoms with Gasteiger partial charge in [-0.3, -0.25) is 0 Å². The van der Waals surface area contributed by atoms with Crippen molar-refractivity contribution >= 4 is 39.6 Å². The van der Waals surface area contributed by atoms with Gasteiger partial charge in [-0.05, 0) is 55.3 Å². The Hall–Kier alpha value is -2.90. The van der Waals surface area contributed by atoms with Gasteiger partial charge in [0.1, 0.15) is 0 Å². The first-order chi connectivity index (χ1) is 14.5. The number of hydrogen-bond acceptors (Lipinski definition) is 4. The number of aryl methyl sites for hydroxylation is 2. The van der Waals surface area contributed by atoms with E-state index in [1.807, 2.05) is 65.7 Å². The Labute approximate surface area is 183 Å². The van der Waals surface area contributed by atoms with Crippen LogP contribution < -0.4 is 5.32 Å². The van der Waals surface area contributed by atoms with Crippen LogP contribution in [0.1, 0.15) is 21.7 Å². The topological polar surface area (TPSA) is 62.5 Å². The Morgan fingerprint density at radius 2 is 1.97 bits per heavy atom. The van der Waals surface area contributed by atoms with Gasteiger partial charge in [-0.25, -0.2) is 9.31 Å². The zero-order valence-electron chi connectivity index (χ0n) is 16.6. The van der Waals surface area contributed by atoms with E-state index in [1.54, 1.807) is 11.3 Å². The SMILES string of the molecule is Cc1ccc(C)c(NC(=O)N2CCc3c(sc4nc(-c5ccc(Cl)cc5)nn34)C2)c1. The number of aromatic nitrogens is 3. The first kappa shape index (κ1) is 19.1. The van der Waals surface area contributed by atoms with Crippen molar-refractivity contribution in [1.29, 1.82) is 0 Å². The highest BCUT2D eigenvalue weighted by Crippen LogP contribution is 2.30. The molecule has 2 aromatic heterocycles. The maximum atomic E-state index is 12.8. The molecule has 0 saturated carbocycles. The molecule has 6 nitrogen and oxygen atoms in total. The number of amides is 2. The van der Waals surface area contributed by atoms with Crippen molar-refractivity contribution in [3.63, 3.8) is 0 Å². The average molecular weight is 438 g/mol. The molecule has 1 N–H and O–H groups in total. The lowest BCUT2D eigenvalue weighted by molar-refractivity contribution is 0.206. The van der Waals surface area contributed by atoms with Gasteiger partial charge in [-0.15, -0.1) is 5.10 Å². The van der Waals surface area contributed by atoms with Gasteiger partial charge in [0, 0.05) is 34.1 Å². The first-order valence-electron chi connectivity index (χ1n) is 9.74. The summed E-state index contributed by atoms with van der Waals surface area (Å²) >= 11 is 7.57. The standard InChI is InChI=1S/C22H20ClN5OS/c1-13-3-4-14(2)17(11-13)24-21(29)27-10-9-18-19(12-27)30-22-25-20(26-28(18)22)15-5-7-16(23)8-6-15/h3-8,11H,9-10,12H2,1-2H3,(H,24,29). The molecule has 0 saturated heterocycles. The van der Waals surface area contributed by atoms with Crippen molar-refractivity contribution in [3.05, 3.63) is 69.2 Å². The van der Waals surface area contributed by atoms with Crippen LogP contribution in [0, 0.1) is 13.8 Å². The van der Waals surface area contributed by atoms with Crippen molar-refractivity contribution in [3.8, 4) is 11.4 Å². The second-order valence-corrected chi connectivity index (χ2v) is 9.03. The highest BCUT2D eigenvalue weighted by atomic mass is 35.5. The number of benzene rings is 2. The Bertz CT molecular complexity index is 1260. The minimum Gasteiger partial charge on any atom is -0.319 e. The van der Waals surface area contributed by atoms with Gasteiger partial charge in [0.15, 0.2) is 5.82 Å². The molecule has 2 aromatic carbocycles. The van der Waals surface area contributed by atoms with Crippen LogP contribution >= 0.6 is 22.9 Å². The van der Waals surface area contributed by atoms with E-state index in [0.717, 1.165) is 44.3 Å². The van der Waals surface area contributed by atoms with Gasteiger partial charge in [-0.1, -0.05) is 35.1 Å². The largest absolute Gasteiger partial charge is 0.322 e. The summed E-state index contributed by atoms with van der Waals surface area (Å²) in [6, 6.07) is 13.5. The van der Waals surface area contributed by atoms with Crippen LogP contribution in [-0.2, 0) is 13.0 Å². The van der Waals surface area contributed by atoms with Crippen molar-refractivity contribution in [2.24, 2.45) is 0 Å². The van der Waals surface area contributed by atoms with E-state index in [1.165, 1.54) is 0 Å². The number of anilines is 1. The normalized spacial score (nSPS) is 13.5. The third kappa shape index (κ3) is 3.44. The Kier molecular flexibility index (Phi) is 4.72. The maximum Gasteiger partial charge on any atom is 0.322 e. The predicted octanol–water partition coefficient (Wildman–Crippen LogP) is 5.32. The monoisotopic (exact) mass is 437 g/mol. The molecule has 8 heteroatoms. The number of carbonyl (C=O) groups is 1. The van der Waals surface area contributed by atoms with Crippen molar-refractivity contribution in [2.45, 2.75) is 26.8 Å². The van der Waals surface area contributed by atoms with E-state index in [9.17, 15) is 4.79 Å². The molecule has 0 atom stereocenters. The molecule has 0 bridgehead atoms. The summed E-state index contributed by atoms with van der Waals surface area (Å²) in [6.45, 7) is 5.24. The number of rotatable bonds is 2. The van der Waals surface area contributed by atoms with E-state index < -0.39 is 0 Å². The molecule has 0 unspecified atom stereocenters. The molecule has 2 amide bonds. The molecule has 152 valence electrons. The summed E-state index contributed by atoms with van der Waals surface area (Å²) in [5, 5.41) is 8.45. The number of fused-ring (bicyclic) bond motifs is 3. The summed E-state index contributed by atoms with van der Waals surface area (Å²) in [5.74, 6) is 0.691. The lowest BCUT2D eigenvalue weighted by Crippen LogP contribution is -2.38. The summed E-state index contributed by atoms with van der Waals surface area (Å²) < 4.78 is 1.92. The lowest BCUT2D eigenvalue weighted by atomic mass is 10.1. The van der Waals surface area contributed by atoms with Crippen LogP contribution in [0.4, 0.5) is 10.5 Å². The van der Waals surface area contributed by atoms with Crippen molar-refractivity contribution in [1.82, 2.24) is 19.5 Å². The summed E-state index contributed by atoms with van der Waals surface area (Å²) in [5.41, 5.74) is 5.12. The highest BCUT2D eigenvalue weighted by Gasteiger charge is 2.26. The van der Waals surface area contributed by atoms with Crippen LogP contribution in [0.25, 0.3) is 16.3 Å². The number of halogens is 1. The van der Waals surface area contributed by atoms with E-state index in [-0.39, 0.29) is 6.03 Å². The molecular formula is C22H20ClN5OS. The zero-order valence-corrected chi connectivity index (χ0v) is 18.2. The predicted molar refractivity (Wildman–Crippen MR) is 120 cm³/mol. The molecule has 4 aromatic rings. The van der Waals surface area contributed by atoms with E-state index >= 15 is 0 Å². The summed E-state index contributed by atoms with van der Waals surface area (Å²) in [4.78, 5) is 21.3. The van der Waals surface area contributed by atoms with Crippen molar-refractivity contribution < 1.29 is 4.79 Å². The maximum absolute atomic E-state index is 12.8. The Morgan fingerprint density at radius 1 is 1.17 bits per heavy atom. The first-order valence-corrected chi connectivity index (χ1v) is 10.9.